The molecule has 0 aliphatic rings. The fourth-order valence-electron chi connectivity index (χ4n) is 1.99. The molecule has 0 saturated carbocycles. The Morgan fingerprint density at radius 2 is 1.81 bits per heavy atom. The monoisotopic (exact) mass is 387 g/mol. The van der Waals surface area contributed by atoms with Crippen molar-refractivity contribution in [2.45, 2.75) is 31.0 Å². The minimum absolute atomic E-state index is 0.384. The first-order chi connectivity index (χ1) is 9.93. The van der Waals surface area contributed by atoms with E-state index in [1.165, 1.54) is 16.9 Å². The van der Waals surface area contributed by atoms with Crippen molar-refractivity contribution in [3.8, 4) is 0 Å². The molecule has 0 N–H and O–H groups in total. The fourth-order valence-corrected chi connectivity index (χ4v) is 5.68. The van der Waals surface area contributed by atoms with Crippen molar-refractivity contribution < 1.29 is 8.42 Å². The lowest BCUT2D eigenvalue weighted by atomic mass is 10.1. The molecule has 6 heteroatoms. The number of nitrogens with zero attached hydrogens (tertiary/aromatic N) is 1. The van der Waals surface area contributed by atoms with Crippen LogP contribution in [0, 0.1) is 6.92 Å². The van der Waals surface area contributed by atoms with Gasteiger partial charge in [-0.3, -0.25) is 0 Å². The number of halogens is 1. The molecule has 2 rings (SSSR count). The molecule has 0 unspecified atom stereocenters. The average Bonchev–Trinajstić information content (AvgIpc) is 2.88. The second kappa shape index (κ2) is 7.05. The SMILES string of the molecule is CCCN(Cc1ccc(C)cc1)S(=O)(=O)c1ccc(Br)s1. The van der Waals surface area contributed by atoms with Crippen LogP contribution in [0.4, 0.5) is 0 Å². The van der Waals surface area contributed by atoms with Gasteiger partial charge in [-0.2, -0.15) is 4.31 Å². The number of thiophene rings is 1. The van der Waals surface area contributed by atoms with Crippen LogP contribution in [0.2, 0.25) is 0 Å². The molecule has 21 heavy (non-hydrogen) atoms. The molecule has 0 radical (unpaired) electrons. The van der Waals surface area contributed by atoms with Crippen LogP contribution in [-0.4, -0.2) is 19.3 Å². The van der Waals surface area contributed by atoms with Gasteiger partial charge in [-0.1, -0.05) is 36.8 Å². The molecule has 2 aromatic rings. The summed E-state index contributed by atoms with van der Waals surface area (Å²) < 4.78 is 28.2. The molecule has 0 fully saturated rings. The van der Waals surface area contributed by atoms with Gasteiger partial charge >= 0.3 is 0 Å². The molecule has 0 aliphatic carbocycles. The van der Waals surface area contributed by atoms with Gasteiger partial charge < -0.3 is 0 Å². The van der Waals surface area contributed by atoms with Crippen LogP contribution in [0.3, 0.4) is 0 Å². The second-order valence-corrected chi connectivity index (χ2v) is 9.51. The molecule has 1 aromatic carbocycles. The maximum Gasteiger partial charge on any atom is 0.252 e. The van der Waals surface area contributed by atoms with Crippen molar-refractivity contribution in [1.29, 1.82) is 0 Å². The highest BCUT2D eigenvalue weighted by Crippen LogP contribution is 2.29. The molecular formula is C15H18BrNO2S2. The quantitative estimate of drug-likeness (QED) is 0.735. The van der Waals surface area contributed by atoms with Crippen molar-refractivity contribution in [1.82, 2.24) is 4.31 Å². The molecule has 0 spiro atoms. The van der Waals surface area contributed by atoms with Crippen molar-refractivity contribution in [2.75, 3.05) is 6.54 Å². The van der Waals surface area contributed by atoms with Crippen molar-refractivity contribution >= 4 is 37.3 Å². The van der Waals surface area contributed by atoms with Gasteiger partial charge in [-0.15, -0.1) is 11.3 Å². The molecule has 114 valence electrons. The molecule has 0 amide bonds. The molecule has 1 aromatic heterocycles. The van der Waals surface area contributed by atoms with E-state index >= 15 is 0 Å². The van der Waals surface area contributed by atoms with Gasteiger partial charge in [0, 0.05) is 13.1 Å². The van der Waals surface area contributed by atoms with E-state index in [-0.39, 0.29) is 0 Å². The number of aryl methyl sites for hydroxylation is 1. The van der Waals surface area contributed by atoms with Crippen LogP contribution in [-0.2, 0) is 16.6 Å². The van der Waals surface area contributed by atoms with E-state index in [9.17, 15) is 8.42 Å². The summed E-state index contributed by atoms with van der Waals surface area (Å²) in [5.41, 5.74) is 2.18. The normalized spacial score (nSPS) is 12.0. The first-order valence-corrected chi connectivity index (χ1v) is 9.79. The Morgan fingerprint density at radius 3 is 2.33 bits per heavy atom. The maximum absolute atomic E-state index is 12.7. The number of hydrogen-bond donors (Lipinski definition) is 0. The smallest absolute Gasteiger partial charge is 0.206 e. The standard InChI is InChI=1S/C15H18BrNO2S2/c1-3-10-17(11-13-6-4-12(2)5-7-13)21(18,19)15-9-8-14(16)20-15/h4-9H,3,10-11H2,1-2H3. The highest BCUT2D eigenvalue weighted by Gasteiger charge is 2.25. The molecule has 0 bridgehead atoms. The van der Waals surface area contributed by atoms with Gasteiger partial charge in [0.2, 0.25) is 0 Å². The lowest BCUT2D eigenvalue weighted by Crippen LogP contribution is -2.30. The predicted molar refractivity (Wildman–Crippen MR) is 91.1 cm³/mol. The van der Waals surface area contributed by atoms with Crippen LogP contribution in [0.5, 0.6) is 0 Å². The largest absolute Gasteiger partial charge is 0.252 e. The van der Waals surface area contributed by atoms with E-state index in [0.717, 1.165) is 15.8 Å². The van der Waals surface area contributed by atoms with E-state index in [1.807, 2.05) is 38.1 Å². The molecule has 1 heterocycles. The molecule has 0 atom stereocenters. The Labute approximate surface area is 138 Å². The topological polar surface area (TPSA) is 37.4 Å². The van der Waals surface area contributed by atoms with Crippen LogP contribution in [0.25, 0.3) is 0 Å². The number of benzene rings is 1. The summed E-state index contributed by atoms with van der Waals surface area (Å²) in [5, 5.41) is 0. The average molecular weight is 388 g/mol. The zero-order valence-corrected chi connectivity index (χ0v) is 15.3. The molecule has 0 saturated heterocycles. The van der Waals surface area contributed by atoms with Crippen molar-refractivity contribution in [3.05, 3.63) is 51.3 Å². The minimum Gasteiger partial charge on any atom is -0.206 e. The van der Waals surface area contributed by atoms with Crippen molar-refractivity contribution in [3.63, 3.8) is 0 Å². The molecule has 3 nitrogen and oxygen atoms in total. The zero-order chi connectivity index (χ0) is 15.5. The fraction of sp³-hybridized carbons (Fsp3) is 0.333. The van der Waals surface area contributed by atoms with E-state index in [2.05, 4.69) is 15.9 Å². The third kappa shape index (κ3) is 4.16. The number of sulfonamides is 1. The predicted octanol–water partition coefficient (Wildman–Crippen LogP) is 4.42. The molecule has 0 aliphatic heterocycles. The van der Waals surface area contributed by atoms with Gasteiger partial charge in [0.1, 0.15) is 4.21 Å². The summed E-state index contributed by atoms with van der Waals surface area (Å²) in [4.78, 5) is 0. The van der Waals surface area contributed by atoms with E-state index < -0.39 is 10.0 Å². The summed E-state index contributed by atoms with van der Waals surface area (Å²) in [6.45, 7) is 4.94. The maximum atomic E-state index is 12.7. The van der Waals surface area contributed by atoms with E-state index in [1.54, 1.807) is 16.4 Å². The lowest BCUT2D eigenvalue weighted by molar-refractivity contribution is 0.407. The highest BCUT2D eigenvalue weighted by atomic mass is 79.9. The Bertz CT molecular complexity index is 693. The van der Waals surface area contributed by atoms with Crippen LogP contribution in [0.15, 0.2) is 44.4 Å². The van der Waals surface area contributed by atoms with Gasteiger partial charge in [0.05, 0.1) is 3.79 Å². The van der Waals surface area contributed by atoms with E-state index in [0.29, 0.717) is 17.3 Å². The summed E-state index contributed by atoms with van der Waals surface area (Å²) in [7, 11) is -3.43. The summed E-state index contributed by atoms with van der Waals surface area (Å²) in [6, 6.07) is 11.4. The minimum atomic E-state index is -3.43. The van der Waals surface area contributed by atoms with E-state index in [4.69, 9.17) is 0 Å². The van der Waals surface area contributed by atoms with Gasteiger partial charge in [0.15, 0.2) is 0 Å². The number of hydrogen-bond acceptors (Lipinski definition) is 3. The Balaban J connectivity index is 2.27. The zero-order valence-electron chi connectivity index (χ0n) is 12.0. The first kappa shape index (κ1) is 16.7. The Kier molecular flexibility index (Phi) is 5.60. The second-order valence-electron chi connectivity index (χ2n) is 4.88. The van der Waals surface area contributed by atoms with Crippen molar-refractivity contribution in [2.24, 2.45) is 0 Å². The van der Waals surface area contributed by atoms with Crippen LogP contribution >= 0.6 is 27.3 Å². The summed E-state index contributed by atoms with van der Waals surface area (Å²) in [5.74, 6) is 0. The molecular weight excluding hydrogens is 370 g/mol. The van der Waals surface area contributed by atoms with Crippen LogP contribution < -0.4 is 0 Å². The number of rotatable bonds is 6. The van der Waals surface area contributed by atoms with Gasteiger partial charge in [0.25, 0.3) is 10.0 Å². The van der Waals surface area contributed by atoms with Gasteiger partial charge in [-0.05, 0) is 47.0 Å². The Morgan fingerprint density at radius 1 is 1.14 bits per heavy atom. The highest BCUT2D eigenvalue weighted by molar-refractivity contribution is 9.11. The Hall–Kier alpha value is -0.690. The van der Waals surface area contributed by atoms with Gasteiger partial charge in [-0.25, -0.2) is 8.42 Å². The summed E-state index contributed by atoms with van der Waals surface area (Å²) in [6.07, 6.45) is 0.789. The third-order valence-corrected chi connectivity index (χ3v) is 7.03. The first-order valence-electron chi connectivity index (χ1n) is 6.74. The lowest BCUT2D eigenvalue weighted by Gasteiger charge is -2.21. The summed E-state index contributed by atoms with van der Waals surface area (Å²) >= 11 is 4.57. The van der Waals surface area contributed by atoms with Crippen LogP contribution in [0.1, 0.15) is 24.5 Å². The third-order valence-electron chi connectivity index (χ3n) is 3.10.